The Morgan fingerprint density at radius 3 is 2.57 bits per heavy atom. The van der Waals surface area contributed by atoms with Crippen LogP contribution in [-0.2, 0) is 28.7 Å². The summed E-state index contributed by atoms with van der Waals surface area (Å²) in [5.74, 6) is -4.44. The summed E-state index contributed by atoms with van der Waals surface area (Å²) in [5.41, 5.74) is -0.970. The van der Waals surface area contributed by atoms with Gasteiger partial charge in [0.25, 0.3) is 0 Å². The quantitative estimate of drug-likeness (QED) is 0.744. The number of ketones is 1. The molecule has 1 N–H and O–H groups in total. The lowest BCUT2D eigenvalue weighted by Gasteiger charge is -2.60. The van der Waals surface area contributed by atoms with Gasteiger partial charge in [0, 0.05) is 24.8 Å². The summed E-state index contributed by atoms with van der Waals surface area (Å²) in [6.07, 6.45) is 2.49. The molecule has 8 heteroatoms. The first-order chi connectivity index (χ1) is 14.1. The molecule has 0 bridgehead atoms. The van der Waals surface area contributed by atoms with Gasteiger partial charge in [-0.25, -0.2) is 0 Å². The predicted octanol–water partition coefficient (Wildman–Crippen LogP) is 2.91. The van der Waals surface area contributed by atoms with E-state index in [9.17, 15) is 24.3 Å². The molecule has 30 heavy (non-hydrogen) atoms. The van der Waals surface area contributed by atoms with Crippen LogP contribution in [0.2, 0.25) is 0 Å². The number of hydrogen-bond donors (Lipinski definition) is 1. The molecule has 2 aliphatic carbocycles. The molecular weight excluding hydrogens is 392 g/mol. The number of aliphatic carboxylic acids is 1. The lowest BCUT2D eigenvalue weighted by molar-refractivity contribution is -0.209. The van der Waals surface area contributed by atoms with Crippen LogP contribution in [0.5, 0.6) is 0 Å². The summed E-state index contributed by atoms with van der Waals surface area (Å²) in [7, 11) is 0. The van der Waals surface area contributed by atoms with Gasteiger partial charge in [-0.05, 0) is 36.2 Å². The summed E-state index contributed by atoms with van der Waals surface area (Å²) >= 11 is 0. The standard InChI is InChI=1S/C22H26O8/c1-11(23)29-15-8-14(19(25)26)21(2)6-4-13-20(27)30-16(12-5-7-28-10-12)9-22(13,3)18(21)17(15)24/h5,7,10,13-16,18H,4,6,8-9H2,1-3H3,(H,25,26)/t13-,14+,15+,16+,18+,21+,22+/m1/s1. The number of carbonyl (C=O) groups is 4. The Labute approximate surface area is 173 Å². The molecule has 162 valence electrons. The number of cyclic esters (lactones) is 1. The van der Waals surface area contributed by atoms with Crippen molar-refractivity contribution in [2.24, 2.45) is 28.6 Å². The van der Waals surface area contributed by atoms with Crippen molar-refractivity contribution in [3.63, 3.8) is 0 Å². The van der Waals surface area contributed by atoms with Gasteiger partial charge in [0.2, 0.25) is 0 Å². The number of ether oxygens (including phenoxy) is 2. The molecule has 0 unspecified atom stereocenters. The van der Waals surface area contributed by atoms with Gasteiger partial charge < -0.3 is 19.0 Å². The van der Waals surface area contributed by atoms with Crippen molar-refractivity contribution in [2.75, 3.05) is 0 Å². The molecule has 1 saturated heterocycles. The van der Waals surface area contributed by atoms with Crippen LogP contribution >= 0.6 is 0 Å². The molecule has 2 saturated carbocycles. The molecule has 4 rings (SSSR count). The van der Waals surface area contributed by atoms with E-state index in [4.69, 9.17) is 13.9 Å². The fraction of sp³-hybridized carbons (Fsp3) is 0.636. The number of carboxylic acids is 1. The maximum atomic E-state index is 13.6. The Balaban J connectivity index is 1.79. The number of furan rings is 1. The van der Waals surface area contributed by atoms with Crippen LogP contribution in [0.1, 0.15) is 58.1 Å². The predicted molar refractivity (Wildman–Crippen MR) is 101 cm³/mol. The van der Waals surface area contributed by atoms with Crippen LogP contribution in [0, 0.1) is 28.6 Å². The minimum atomic E-state index is -1.12. The highest BCUT2D eigenvalue weighted by Gasteiger charge is 2.67. The smallest absolute Gasteiger partial charge is 0.310 e. The van der Waals surface area contributed by atoms with Crippen LogP contribution in [0.4, 0.5) is 0 Å². The average molecular weight is 418 g/mol. The van der Waals surface area contributed by atoms with Crippen LogP contribution in [0.15, 0.2) is 23.0 Å². The third-order valence-electron chi connectivity index (χ3n) is 7.62. The summed E-state index contributed by atoms with van der Waals surface area (Å²) in [6, 6.07) is 1.72. The number of carboxylic acid groups (broad SMARTS) is 1. The maximum Gasteiger partial charge on any atom is 0.310 e. The van der Waals surface area contributed by atoms with Crippen molar-refractivity contribution in [1.29, 1.82) is 0 Å². The van der Waals surface area contributed by atoms with Gasteiger partial charge in [0.05, 0.1) is 24.4 Å². The first-order valence-corrected chi connectivity index (χ1v) is 10.2. The molecule has 8 nitrogen and oxygen atoms in total. The molecule has 0 radical (unpaired) electrons. The third-order valence-corrected chi connectivity index (χ3v) is 7.62. The Kier molecular flexibility index (Phi) is 4.78. The van der Waals surface area contributed by atoms with E-state index < -0.39 is 52.7 Å². The van der Waals surface area contributed by atoms with E-state index >= 15 is 0 Å². The van der Waals surface area contributed by atoms with Gasteiger partial charge in [-0.2, -0.15) is 0 Å². The Bertz CT molecular complexity index is 889. The fourth-order valence-electron chi connectivity index (χ4n) is 6.34. The van der Waals surface area contributed by atoms with Crippen molar-refractivity contribution in [3.8, 4) is 0 Å². The molecular formula is C22H26O8. The third kappa shape index (κ3) is 2.96. The minimum Gasteiger partial charge on any atom is -0.481 e. The lowest BCUT2D eigenvalue weighted by Crippen LogP contribution is -2.64. The van der Waals surface area contributed by atoms with Crippen molar-refractivity contribution < 1.29 is 38.2 Å². The van der Waals surface area contributed by atoms with Crippen molar-refractivity contribution >= 4 is 23.7 Å². The van der Waals surface area contributed by atoms with E-state index in [1.165, 1.54) is 19.5 Å². The van der Waals surface area contributed by atoms with Crippen LogP contribution in [0.3, 0.4) is 0 Å². The molecule has 3 fully saturated rings. The molecule has 2 heterocycles. The molecule has 1 aromatic heterocycles. The van der Waals surface area contributed by atoms with Crippen molar-refractivity contribution in [1.82, 2.24) is 0 Å². The van der Waals surface area contributed by atoms with Crippen molar-refractivity contribution in [2.45, 2.75) is 58.7 Å². The fourth-order valence-corrected chi connectivity index (χ4v) is 6.34. The average Bonchev–Trinajstić information content (AvgIpc) is 3.17. The van der Waals surface area contributed by atoms with E-state index in [1.54, 1.807) is 6.07 Å². The Morgan fingerprint density at radius 2 is 1.97 bits per heavy atom. The minimum absolute atomic E-state index is 0.0445. The topological polar surface area (TPSA) is 120 Å². The van der Waals surface area contributed by atoms with E-state index in [0.717, 1.165) is 0 Å². The zero-order valence-electron chi connectivity index (χ0n) is 17.3. The van der Waals surface area contributed by atoms with Gasteiger partial charge >= 0.3 is 17.9 Å². The highest BCUT2D eigenvalue weighted by atomic mass is 16.6. The number of esters is 2. The van der Waals surface area contributed by atoms with Gasteiger partial charge in [-0.1, -0.05) is 13.8 Å². The summed E-state index contributed by atoms with van der Waals surface area (Å²) in [6.45, 7) is 4.90. The Hall–Kier alpha value is -2.64. The zero-order valence-corrected chi connectivity index (χ0v) is 17.3. The highest BCUT2D eigenvalue weighted by molar-refractivity contribution is 5.93. The first kappa shape index (κ1) is 20.6. The summed E-state index contributed by atoms with van der Waals surface area (Å²) < 4.78 is 16.0. The van der Waals surface area contributed by atoms with Crippen molar-refractivity contribution in [3.05, 3.63) is 24.2 Å². The van der Waals surface area contributed by atoms with Gasteiger partial charge in [-0.15, -0.1) is 0 Å². The van der Waals surface area contributed by atoms with E-state index in [-0.39, 0.29) is 18.2 Å². The summed E-state index contributed by atoms with van der Waals surface area (Å²) in [5, 5.41) is 9.96. The van der Waals surface area contributed by atoms with E-state index in [2.05, 4.69) is 0 Å². The molecule has 7 atom stereocenters. The molecule has 1 aromatic rings. The maximum absolute atomic E-state index is 13.6. The Morgan fingerprint density at radius 1 is 1.23 bits per heavy atom. The number of carbonyl (C=O) groups excluding carboxylic acids is 3. The molecule has 0 amide bonds. The van der Waals surface area contributed by atoms with E-state index in [1.807, 2.05) is 13.8 Å². The second-order valence-electron chi connectivity index (χ2n) is 9.35. The second-order valence-corrected chi connectivity index (χ2v) is 9.35. The van der Waals surface area contributed by atoms with Crippen LogP contribution in [0.25, 0.3) is 0 Å². The highest BCUT2D eigenvalue weighted by Crippen LogP contribution is 2.65. The zero-order chi connectivity index (χ0) is 21.8. The molecule has 0 spiro atoms. The SMILES string of the molecule is CC(=O)O[C@H]1C[C@@H](C(=O)O)[C@]2(C)CC[C@@H]3C(=O)O[C@H](c4ccoc4)C[C@]3(C)[C@H]2C1=O. The second kappa shape index (κ2) is 6.96. The van der Waals surface area contributed by atoms with E-state index in [0.29, 0.717) is 24.8 Å². The van der Waals surface area contributed by atoms with Crippen LogP contribution in [-0.4, -0.2) is 34.9 Å². The number of hydrogen-bond acceptors (Lipinski definition) is 7. The molecule has 3 aliphatic rings. The lowest BCUT2D eigenvalue weighted by atomic mass is 9.43. The number of fused-ring (bicyclic) bond motifs is 3. The normalized spacial score (nSPS) is 40.7. The van der Waals surface area contributed by atoms with Gasteiger partial charge in [-0.3, -0.25) is 19.2 Å². The van der Waals surface area contributed by atoms with Gasteiger partial charge in [0.1, 0.15) is 6.10 Å². The monoisotopic (exact) mass is 418 g/mol. The first-order valence-electron chi connectivity index (χ1n) is 10.2. The summed E-state index contributed by atoms with van der Waals surface area (Å²) in [4.78, 5) is 50.3. The van der Waals surface area contributed by atoms with Crippen LogP contribution < -0.4 is 0 Å². The number of Topliss-reactive ketones (excluding diaryl/α,β-unsaturated/α-hetero) is 1. The molecule has 1 aliphatic heterocycles. The number of rotatable bonds is 3. The van der Waals surface area contributed by atoms with Gasteiger partial charge in [0.15, 0.2) is 11.9 Å². The molecule has 0 aromatic carbocycles. The largest absolute Gasteiger partial charge is 0.481 e.